The summed E-state index contributed by atoms with van der Waals surface area (Å²) in [5.74, 6) is -1.61. The number of amides is 4. The minimum absolute atomic E-state index is 0.0479. The first-order valence-electron chi connectivity index (χ1n) is 6.59. The monoisotopic (exact) mass is 299 g/mol. The van der Waals surface area contributed by atoms with E-state index in [2.05, 4.69) is 5.32 Å². The van der Waals surface area contributed by atoms with Crippen molar-refractivity contribution >= 4 is 23.8 Å². The van der Waals surface area contributed by atoms with Gasteiger partial charge in [0.05, 0.1) is 0 Å². The largest absolute Gasteiger partial charge is 0.458 e. The van der Waals surface area contributed by atoms with E-state index < -0.39 is 42.0 Å². The maximum atomic E-state index is 11.8. The first-order chi connectivity index (χ1) is 9.51. The van der Waals surface area contributed by atoms with Crippen molar-refractivity contribution in [2.24, 2.45) is 0 Å². The Balaban J connectivity index is 2.52. The number of hydrogen-bond donors (Lipinski definition) is 1. The molecule has 1 rings (SSSR count). The maximum Gasteiger partial charge on any atom is 0.328 e. The van der Waals surface area contributed by atoms with Gasteiger partial charge in [0.2, 0.25) is 5.91 Å². The van der Waals surface area contributed by atoms with E-state index in [1.54, 1.807) is 20.8 Å². The molecule has 0 unspecified atom stereocenters. The Kier molecular flexibility index (Phi) is 4.93. The van der Waals surface area contributed by atoms with Crippen molar-refractivity contribution in [2.75, 3.05) is 20.1 Å². The zero-order valence-corrected chi connectivity index (χ0v) is 12.9. The molecule has 0 aromatic carbocycles. The second kappa shape index (κ2) is 6.11. The Bertz CT molecular complexity index is 469. The van der Waals surface area contributed by atoms with Crippen LogP contribution in [0.3, 0.4) is 0 Å². The second-order valence-corrected chi connectivity index (χ2v) is 5.94. The van der Waals surface area contributed by atoms with Crippen molar-refractivity contribution in [1.29, 1.82) is 0 Å². The van der Waals surface area contributed by atoms with Crippen LogP contribution >= 0.6 is 0 Å². The summed E-state index contributed by atoms with van der Waals surface area (Å²) in [5.41, 5.74) is -0.653. The smallest absolute Gasteiger partial charge is 0.328 e. The van der Waals surface area contributed by atoms with Crippen LogP contribution in [0.4, 0.5) is 4.79 Å². The summed E-state index contributed by atoms with van der Waals surface area (Å²) in [4.78, 5) is 48.7. The number of rotatable bonds is 4. The van der Waals surface area contributed by atoms with Gasteiger partial charge >= 0.3 is 12.0 Å². The fraction of sp³-hybridized carbons (Fsp3) is 0.692. The fourth-order valence-electron chi connectivity index (χ4n) is 1.70. The van der Waals surface area contributed by atoms with Gasteiger partial charge in [-0.05, 0) is 27.7 Å². The van der Waals surface area contributed by atoms with E-state index in [0.29, 0.717) is 0 Å². The summed E-state index contributed by atoms with van der Waals surface area (Å²) in [6, 6.07) is -1.39. The lowest BCUT2D eigenvalue weighted by molar-refractivity contribution is -0.158. The molecule has 0 aliphatic carbocycles. The van der Waals surface area contributed by atoms with Crippen LogP contribution in [0.25, 0.3) is 0 Å². The van der Waals surface area contributed by atoms with Gasteiger partial charge < -0.3 is 15.0 Å². The van der Waals surface area contributed by atoms with Crippen LogP contribution in [0.5, 0.6) is 0 Å². The molecule has 0 aromatic rings. The molecule has 1 N–H and O–H groups in total. The number of imide groups is 1. The lowest BCUT2D eigenvalue weighted by atomic mass is 10.2. The molecule has 8 heteroatoms. The number of urea groups is 1. The van der Waals surface area contributed by atoms with Gasteiger partial charge in [-0.15, -0.1) is 0 Å². The van der Waals surface area contributed by atoms with E-state index in [1.165, 1.54) is 18.9 Å². The number of carbonyl (C=O) groups excluding carboxylic acids is 4. The summed E-state index contributed by atoms with van der Waals surface area (Å²) in [7, 11) is 1.47. The highest BCUT2D eigenvalue weighted by molar-refractivity contribution is 6.04. The van der Waals surface area contributed by atoms with Gasteiger partial charge in [0.15, 0.2) is 0 Å². The van der Waals surface area contributed by atoms with E-state index in [1.807, 2.05) is 0 Å². The SMILES string of the molecule is C[C@H](NC(=O)CN1C(=O)CN(C)C1=O)C(=O)OC(C)(C)C. The molecule has 1 saturated heterocycles. The van der Waals surface area contributed by atoms with Gasteiger partial charge in [-0.25, -0.2) is 9.59 Å². The lowest BCUT2D eigenvalue weighted by Crippen LogP contribution is -2.47. The Labute approximate surface area is 123 Å². The van der Waals surface area contributed by atoms with Crippen LogP contribution in [0.1, 0.15) is 27.7 Å². The zero-order valence-electron chi connectivity index (χ0n) is 12.9. The predicted molar refractivity (Wildman–Crippen MR) is 73.2 cm³/mol. The third-order valence-electron chi connectivity index (χ3n) is 2.67. The van der Waals surface area contributed by atoms with Gasteiger partial charge in [0.1, 0.15) is 24.7 Å². The van der Waals surface area contributed by atoms with Crippen molar-refractivity contribution in [2.45, 2.75) is 39.3 Å². The standard InChI is InChI=1S/C13H21N3O5/c1-8(11(19)21-13(2,3)4)14-9(17)6-16-10(18)7-15(5)12(16)20/h8H,6-7H2,1-5H3,(H,14,17)/t8-/m0/s1. The minimum Gasteiger partial charge on any atom is -0.458 e. The molecule has 0 aromatic heterocycles. The minimum atomic E-state index is -0.859. The lowest BCUT2D eigenvalue weighted by Gasteiger charge is -2.23. The van der Waals surface area contributed by atoms with Gasteiger partial charge in [0.25, 0.3) is 5.91 Å². The first-order valence-corrected chi connectivity index (χ1v) is 6.59. The number of hydrogen-bond acceptors (Lipinski definition) is 5. The van der Waals surface area contributed by atoms with E-state index in [0.717, 1.165) is 4.90 Å². The van der Waals surface area contributed by atoms with E-state index >= 15 is 0 Å². The molecule has 1 fully saturated rings. The first kappa shape index (κ1) is 16.9. The topological polar surface area (TPSA) is 96.0 Å². The highest BCUT2D eigenvalue weighted by atomic mass is 16.6. The Morgan fingerprint density at radius 3 is 2.33 bits per heavy atom. The third kappa shape index (κ3) is 4.73. The van der Waals surface area contributed by atoms with Crippen LogP contribution in [-0.2, 0) is 19.1 Å². The molecule has 4 amide bonds. The molecule has 1 aliphatic heterocycles. The molecule has 0 radical (unpaired) electrons. The molecule has 8 nitrogen and oxygen atoms in total. The molecule has 1 heterocycles. The molecule has 0 bridgehead atoms. The van der Waals surface area contributed by atoms with Gasteiger partial charge in [-0.3, -0.25) is 14.5 Å². The highest BCUT2D eigenvalue weighted by Crippen LogP contribution is 2.09. The normalized spacial score (nSPS) is 17.0. The van der Waals surface area contributed by atoms with Crippen LogP contribution < -0.4 is 5.32 Å². The molecule has 1 atom stereocenters. The molecule has 118 valence electrons. The quantitative estimate of drug-likeness (QED) is 0.569. The highest BCUT2D eigenvalue weighted by Gasteiger charge is 2.35. The van der Waals surface area contributed by atoms with Crippen LogP contribution in [-0.4, -0.2) is 65.4 Å². The summed E-state index contributed by atoms with van der Waals surface area (Å²) in [5, 5.41) is 2.41. The number of nitrogens with zero attached hydrogens (tertiary/aromatic N) is 2. The van der Waals surface area contributed by atoms with Crippen molar-refractivity contribution in [3.8, 4) is 0 Å². The van der Waals surface area contributed by atoms with Crippen molar-refractivity contribution in [1.82, 2.24) is 15.1 Å². The van der Waals surface area contributed by atoms with Crippen molar-refractivity contribution in [3.05, 3.63) is 0 Å². The van der Waals surface area contributed by atoms with Crippen LogP contribution in [0, 0.1) is 0 Å². The van der Waals surface area contributed by atoms with Crippen LogP contribution in [0.2, 0.25) is 0 Å². The summed E-state index contributed by atoms with van der Waals surface area (Å²) >= 11 is 0. The van der Waals surface area contributed by atoms with Crippen LogP contribution in [0.15, 0.2) is 0 Å². The molecule has 21 heavy (non-hydrogen) atoms. The average molecular weight is 299 g/mol. The van der Waals surface area contributed by atoms with Gasteiger partial charge in [-0.1, -0.05) is 0 Å². The second-order valence-electron chi connectivity index (χ2n) is 5.94. The number of likely N-dealkylation sites (N-methyl/N-ethyl adjacent to an activating group) is 1. The van der Waals surface area contributed by atoms with Gasteiger partial charge in [-0.2, -0.15) is 0 Å². The number of nitrogens with one attached hydrogen (secondary N) is 1. The van der Waals surface area contributed by atoms with E-state index in [4.69, 9.17) is 4.74 Å². The zero-order chi connectivity index (χ0) is 16.4. The molecule has 0 spiro atoms. The molecule has 1 aliphatic rings. The maximum absolute atomic E-state index is 11.8. The summed E-state index contributed by atoms with van der Waals surface area (Å²) in [6.45, 7) is 6.18. The van der Waals surface area contributed by atoms with Gasteiger partial charge in [0, 0.05) is 7.05 Å². The van der Waals surface area contributed by atoms with E-state index in [9.17, 15) is 19.2 Å². The van der Waals surface area contributed by atoms with Crippen molar-refractivity contribution in [3.63, 3.8) is 0 Å². The fourth-order valence-corrected chi connectivity index (χ4v) is 1.70. The molecular weight excluding hydrogens is 278 g/mol. The Hall–Kier alpha value is -2.12. The Morgan fingerprint density at radius 1 is 1.33 bits per heavy atom. The third-order valence-corrected chi connectivity index (χ3v) is 2.67. The number of ether oxygens (including phenoxy) is 1. The predicted octanol–water partition coefficient (Wildman–Crippen LogP) is -0.273. The van der Waals surface area contributed by atoms with E-state index in [-0.39, 0.29) is 6.54 Å². The Morgan fingerprint density at radius 2 is 1.90 bits per heavy atom. The van der Waals surface area contributed by atoms with Crippen molar-refractivity contribution < 1.29 is 23.9 Å². The summed E-state index contributed by atoms with van der Waals surface area (Å²) in [6.07, 6.45) is 0. The molecular formula is C13H21N3O5. The average Bonchev–Trinajstić information content (AvgIpc) is 2.53. The number of carbonyl (C=O) groups is 4. The number of esters is 1. The molecule has 0 saturated carbocycles. The summed E-state index contributed by atoms with van der Waals surface area (Å²) < 4.78 is 5.12.